The van der Waals surface area contributed by atoms with Crippen molar-refractivity contribution in [2.45, 2.75) is 6.61 Å². The fraction of sp³-hybridized carbons (Fsp3) is 0.167. The number of hydrogen-bond acceptors (Lipinski definition) is 6. The molecular weight excluding hydrogens is 432 g/mol. The first-order valence-corrected chi connectivity index (χ1v) is 10.1. The number of methoxy groups -OCH3 is 2. The Morgan fingerprint density at radius 1 is 0.906 bits per heavy atom. The van der Waals surface area contributed by atoms with Crippen LogP contribution in [-0.4, -0.2) is 32.9 Å². The third kappa shape index (κ3) is 6.92. The summed E-state index contributed by atoms with van der Waals surface area (Å²) in [6, 6.07) is 19.7. The maximum Gasteiger partial charge on any atom is 0.277 e. The normalized spacial score (nSPS) is 10.6. The largest absolute Gasteiger partial charge is 0.497 e. The van der Waals surface area contributed by atoms with E-state index in [9.17, 15) is 4.79 Å². The van der Waals surface area contributed by atoms with Gasteiger partial charge in [0, 0.05) is 5.02 Å². The Kier molecular flexibility index (Phi) is 8.34. The number of carbonyl (C=O) groups is 1. The molecule has 3 aromatic rings. The van der Waals surface area contributed by atoms with Gasteiger partial charge in [-0.05, 0) is 65.7 Å². The number of halogens is 1. The Morgan fingerprint density at radius 3 is 2.31 bits per heavy atom. The van der Waals surface area contributed by atoms with Crippen LogP contribution in [0.5, 0.6) is 23.0 Å². The highest BCUT2D eigenvalue weighted by Crippen LogP contribution is 2.28. The van der Waals surface area contributed by atoms with Gasteiger partial charge in [-0.3, -0.25) is 4.79 Å². The molecule has 166 valence electrons. The van der Waals surface area contributed by atoms with Crippen molar-refractivity contribution in [3.63, 3.8) is 0 Å². The van der Waals surface area contributed by atoms with Crippen LogP contribution in [0.2, 0.25) is 5.02 Å². The highest BCUT2D eigenvalue weighted by Gasteiger charge is 2.06. The molecular formula is C24H23ClN2O5. The van der Waals surface area contributed by atoms with Crippen molar-refractivity contribution in [3.05, 3.63) is 82.9 Å². The number of nitrogens with one attached hydrogen (secondary N) is 1. The first kappa shape index (κ1) is 23.0. The molecule has 3 aromatic carbocycles. The van der Waals surface area contributed by atoms with E-state index in [-0.39, 0.29) is 12.5 Å². The summed E-state index contributed by atoms with van der Waals surface area (Å²) in [7, 11) is 3.14. The molecule has 0 aliphatic rings. The maximum absolute atomic E-state index is 11.9. The zero-order valence-corrected chi connectivity index (χ0v) is 18.5. The predicted molar refractivity (Wildman–Crippen MR) is 123 cm³/mol. The predicted octanol–water partition coefficient (Wildman–Crippen LogP) is 4.47. The zero-order valence-electron chi connectivity index (χ0n) is 17.7. The Morgan fingerprint density at radius 2 is 1.62 bits per heavy atom. The Hall–Kier alpha value is -3.71. The molecule has 3 rings (SSSR count). The van der Waals surface area contributed by atoms with Crippen molar-refractivity contribution in [2.75, 3.05) is 20.8 Å². The number of rotatable bonds is 10. The fourth-order valence-electron chi connectivity index (χ4n) is 2.66. The van der Waals surface area contributed by atoms with Gasteiger partial charge < -0.3 is 18.9 Å². The molecule has 1 amide bonds. The lowest BCUT2D eigenvalue weighted by Gasteiger charge is -2.11. The summed E-state index contributed by atoms with van der Waals surface area (Å²) in [5, 5.41) is 4.63. The van der Waals surface area contributed by atoms with Crippen molar-refractivity contribution >= 4 is 23.7 Å². The van der Waals surface area contributed by atoms with Gasteiger partial charge in [-0.2, -0.15) is 5.10 Å². The van der Waals surface area contributed by atoms with Crippen LogP contribution in [0, 0.1) is 0 Å². The molecule has 8 heteroatoms. The van der Waals surface area contributed by atoms with Gasteiger partial charge in [-0.25, -0.2) is 5.43 Å². The number of benzene rings is 3. The summed E-state index contributed by atoms with van der Waals surface area (Å²) < 4.78 is 21.7. The zero-order chi connectivity index (χ0) is 22.8. The van der Waals surface area contributed by atoms with Crippen LogP contribution in [0.3, 0.4) is 0 Å². The maximum atomic E-state index is 11.9. The van der Waals surface area contributed by atoms with Crippen molar-refractivity contribution in [1.82, 2.24) is 5.43 Å². The lowest BCUT2D eigenvalue weighted by molar-refractivity contribution is -0.123. The van der Waals surface area contributed by atoms with Crippen LogP contribution in [0.25, 0.3) is 0 Å². The molecule has 32 heavy (non-hydrogen) atoms. The summed E-state index contributed by atoms with van der Waals surface area (Å²) in [4.78, 5) is 11.9. The Labute approximate surface area is 191 Å². The van der Waals surface area contributed by atoms with E-state index < -0.39 is 0 Å². The molecule has 0 aliphatic heterocycles. The van der Waals surface area contributed by atoms with Gasteiger partial charge in [0.25, 0.3) is 5.91 Å². The minimum absolute atomic E-state index is 0.162. The summed E-state index contributed by atoms with van der Waals surface area (Å²) in [6.45, 7) is 0.218. The van der Waals surface area contributed by atoms with E-state index in [4.69, 9.17) is 30.5 Å². The summed E-state index contributed by atoms with van der Waals surface area (Å²) in [5.74, 6) is 2.03. The van der Waals surface area contributed by atoms with Crippen LogP contribution in [0.1, 0.15) is 11.1 Å². The molecule has 0 unspecified atom stereocenters. The van der Waals surface area contributed by atoms with E-state index in [1.54, 1.807) is 50.6 Å². The minimum Gasteiger partial charge on any atom is -0.497 e. The van der Waals surface area contributed by atoms with Gasteiger partial charge in [-0.15, -0.1) is 0 Å². The van der Waals surface area contributed by atoms with Gasteiger partial charge >= 0.3 is 0 Å². The number of hydrogen-bond donors (Lipinski definition) is 1. The number of carbonyl (C=O) groups excluding carboxylic acids is 1. The van der Waals surface area contributed by atoms with Crippen LogP contribution < -0.4 is 24.4 Å². The molecule has 1 N–H and O–H groups in total. The molecule has 0 saturated carbocycles. The highest BCUT2D eigenvalue weighted by molar-refractivity contribution is 6.30. The van der Waals surface area contributed by atoms with Gasteiger partial charge in [0.05, 0.1) is 20.4 Å². The van der Waals surface area contributed by atoms with Crippen molar-refractivity contribution < 1.29 is 23.7 Å². The van der Waals surface area contributed by atoms with Gasteiger partial charge in [0.15, 0.2) is 18.1 Å². The van der Waals surface area contributed by atoms with E-state index >= 15 is 0 Å². The lowest BCUT2D eigenvalue weighted by Crippen LogP contribution is -2.24. The summed E-state index contributed by atoms with van der Waals surface area (Å²) in [5.41, 5.74) is 4.15. The number of hydrazone groups is 1. The van der Waals surface area contributed by atoms with E-state index in [2.05, 4.69) is 10.5 Å². The average molecular weight is 455 g/mol. The van der Waals surface area contributed by atoms with Crippen LogP contribution in [0.4, 0.5) is 0 Å². The molecule has 0 atom stereocenters. The molecule has 0 aliphatic carbocycles. The standard InChI is InChI=1S/C24H23ClN2O5/c1-29-20-8-10-21(11-9-20)31-16-24(28)27-26-14-18-5-12-22(23(13-18)30-2)32-15-17-3-6-19(25)7-4-17/h3-14H,15-16H2,1-2H3,(H,27,28)/b26-14+. The van der Waals surface area contributed by atoms with Gasteiger partial charge in [-0.1, -0.05) is 23.7 Å². The second kappa shape index (κ2) is 11.6. The fourth-order valence-corrected chi connectivity index (χ4v) is 2.78. The van der Waals surface area contributed by atoms with Crippen LogP contribution in [-0.2, 0) is 11.4 Å². The van der Waals surface area contributed by atoms with Crippen LogP contribution >= 0.6 is 11.6 Å². The third-order valence-corrected chi connectivity index (χ3v) is 4.58. The smallest absolute Gasteiger partial charge is 0.277 e. The third-order valence-electron chi connectivity index (χ3n) is 4.33. The Bertz CT molecular complexity index is 1050. The van der Waals surface area contributed by atoms with E-state index in [1.807, 2.05) is 30.3 Å². The monoisotopic (exact) mass is 454 g/mol. The number of amides is 1. The second-order valence-electron chi connectivity index (χ2n) is 6.58. The van der Waals surface area contributed by atoms with Gasteiger partial charge in [0.1, 0.15) is 18.1 Å². The Balaban J connectivity index is 1.50. The molecule has 0 fully saturated rings. The average Bonchev–Trinajstić information content (AvgIpc) is 2.83. The lowest BCUT2D eigenvalue weighted by atomic mass is 10.2. The molecule has 0 radical (unpaired) electrons. The van der Waals surface area contributed by atoms with Crippen molar-refractivity contribution in [1.29, 1.82) is 0 Å². The SMILES string of the molecule is COc1ccc(OCC(=O)N/N=C/c2ccc(OCc3ccc(Cl)cc3)c(OC)c2)cc1. The van der Waals surface area contributed by atoms with E-state index in [0.29, 0.717) is 34.6 Å². The molecule has 7 nitrogen and oxygen atoms in total. The number of ether oxygens (including phenoxy) is 4. The van der Waals surface area contributed by atoms with Crippen molar-refractivity contribution in [2.24, 2.45) is 5.10 Å². The van der Waals surface area contributed by atoms with Crippen molar-refractivity contribution in [3.8, 4) is 23.0 Å². The highest BCUT2D eigenvalue weighted by atomic mass is 35.5. The van der Waals surface area contributed by atoms with E-state index in [1.165, 1.54) is 6.21 Å². The first-order valence-electron chi connectivity index (χ1n) is 9.71. The second-order valence-corrected chi connectivity index (χ2v) is 7.02. The minimum atomic E-state index is -0.382. The summed E-state index contributed by atoms with van der Waals surface area (Å²) in [6.07, 6.45) is 1.51. The molecule has 0 aromatic heterocycles. The molecule has 0 spiro atoms. The first-order chi connectivity index (χ1) is 15.6. The van der Waals surface area contributed by atoms with Crippen LogP contribution in [0.15, 0.2) is 71.8 Å². The summed E-state index contributed by atoms with van der Waals surface area (Å²) >= 11 is 5.90. The van der Waals surface area contributed by atoms with E-state index in [0.717, 1.165) is 11.1 Å². The topological polar surface area (TPSA) is 78.4 Å². The molecule has 0 bridgehead atoms. The van der Waals surface area contributed by atoms with Gasteiger partial charge in [0.2, 0.25) is 0 Å². The molecule has 0 heterocycles. The number of nitrogens with zero attached hydrogens (tertiary/aromatic N) is 1. The quantitative estimate of drug-likeness (QED) is 0.361. The molecule has 0 saturated heterocycles.